The van der Waals surface area contributed by atoms with Crippen LogP contribution in [0, 0.1) is 5.92 Å². The number of amides is 2. The van der Waals surface area contributed by atoms with Crippen LogP contribution in [0.2, 0.25) is 5.02 Å². The summed E-state index contributed by atoms with van der Waals surface area (Å²) in [4.78, 5) is 27.0. The standard InChI is InChI=1S/C22H27ClN2O3/c1-16(2)13-24-22(27)17(3)25(14-18-9-5-4-6-10-18)21(26)15-28-20-12-8-7-11-19(20)23/h4-12,16-17H,13-15H2,1-3H3,(H,24,27). The van der Waals surface area contributed by atoms with Gasteiger partial charge in [0.1, 0.15) is 11.8 Å². The van der Waals surface area contributed by atoms with Gasteiger partial charge in [0, 0.05) is 13.1 Å². The molecule has 0 aliphatic rings. The van der Waals surface area contributed by atoms with Crippen molar-refractivity contribution < 1.29 is 14.3 Å². The average molecular weight is 403 g/mol. The number of nitrogens with zero attached hydrogens (tertiary/aromatic N) is 1. The van der Waals surface area contributed by atoms with Gasteiger partial charge in [0.25, 0.3) is 5.91 Å². The minimum absolute atomic E-state index is 0.185. The molecular weight excluding hydrogens is 376 g/mol. The van der Waals surface area contributed by atoms with E-state index in [1.807, 2.05) is 44.2 Å². The molecule has 28 heavy (non-hydrogen) atoms. The fourth-order valence-electron chi connectivity index (χ4n) is 2.60. The van der Waals surface area contributed by atoms with Crippen molar-refractivity contribution in [2.75, 3.05) is 13.2 Å². The minimum atomic E-state index is -0.624. The summed E-state index contributed by atoms with van der Waals surface area (Å²) in [5.41, 5.74) is 0.942. The zero-order valence-corrected chi connectivity index (χ0v) is 17.3. The molecule has 0 radical (unpaired) electrons. The molecule has 0 spiro atoms. The van der Waals surface area contributed by atoms with E-state index in [1.165, 1.54) is 4.90 Å². The Morgan fingerprint density at radius 1 is 1.04 bits per heavy atom. The highest BCUT2D eigenvalue weighted by atomic mass is 35.5. The molecule has 6 heteroatoms. The van der Waals surface area contributed by atoms with Gasteiger partial charge in [0.15, 0.2) is 6.61 Å². The molecule has 1 N–H and O–H groups in total. The van der Waals surface area contributed by atoms with Gasteiger partial charge in [-0.25, -0.2) is 0 Å². The maximum Gasteiger partial charge on any atom is 0.261 e. The lowest BCUT2D eigenvalue weighted by Crippen LogP contribution is -2.49. The fraction of sp³-hybridized carbons (Fsp3) is 0.364. The van der Waals surface area contributed by atoms with E-state index in [0.717, 1.165) is 5.56 Å². The lowest BCUT2D eigenvalue weighted by Gasteiger charge is -2.29. The molecule has 0 saturated carbocycles. The third-order valence-electron chi connectivity index (χ3n) is 4.24. The second-order valence-corrected chi connectivity index (χ2v) is 7.45. The van der Waals surface area contributed by atoms with Crippen molar-refractivity contribution in [1.82, 2.24) is 10.2 Å². The maximum atomic E-state index is 12.9. The van der Waals surface area contributed by atoms with Crippen LogP contribution in [0.15, 0.2) is 54.6 Å². The number of ether oxygens (including phenoxy) is 1. The van der Waals surface area contributed by atoms with Crippen LogP contribution in [0.4, 0.5) is 0 Å². The topological polar surface area (TPSA) is 58.6 Å². The number of hydrogen-bond donors (Lipinski definition) is 1. The van der Waals surface area contributed by atoms with Crippen molar-refractivity contribution in [3.8, 4) is 5.75 Å². The summed E-state index contributed by atoms with van der Waals surface area (Å²) in [6.07, 6.45) is 0. The number of carbonyl (C=O) groups is 2. The summed E-state index contributed by atoms with van der Waals surface area (Å²) < 4.78 is 5.59. The van der Waals surface area contributed by atoms with Gasteiger partial charge in [0.2, 0.25) is 5.91 Å². The van der Waals surface area contributed by atoms with Crippen LogP contribution in [-0.4, -0.2) is 35.9 Å². The average Bonchev–Trinajstić information content (AvgIpc) is 2.69. The van der Waals surface area contributed by atoms with Crippen molar-refractivity contribution >= 4 is 23.4 Å². The Hall–Kier alpha value is -2.53. The molecule has 0 aromatic heterocycles. The highest BCUT2D eigenvalue weighted by Crippen LogP contribution is 2.23. The predicted octanol–water partition coefficient (Wildman–Crippen LogP) is 3.91. The highest BCUT2D eigenvalue weighted by Gasteiger charge is 2.26. The van der Waals surface area contributed by atoms with Crippen molar-refractivity contribution in [3.63, 3.8) is 0 Å². The lowest BCUT2D eigenvalue weighted by molar-refractivity contribution is -0.142. The first-order valence-corrected chi connectivity index (χ1v) is 9.74. The quantitative estimate of drug-likeness (QED) is 0.691. The monoisotopic (exact) mass is 402 g/mol. The number of para-hydroxylation sites is 1. The highest BCUT2D eigenvalue weighted by molar-refractivity contribution is 6.32. The van der Waals surface area contributed by atoms with E-state index in [4.69, 9.17) is 16.3 Å². The van der Waals surface area contributed by atoms with Crippen LogP contribution in [0.1, 0.15) is 26.3 Å². The van der Waals surface area contributed by atoms with Gasteiger partial charge in [-0.15, -0.1) is 0 Å². The molecule has 2 amide bonds. The Morgan fingerprint density at radius 2 is 1.68 bits per heavy atom. The first kappa shape index (κ1) is 21.8. The zero-order chi connectivity index (χ0) is 20.5. The van der Waals surface area contributed by atoms with Crippen molar-refractivity contribution in [1.29, 1.82) is 0 Å². The Bertz CT molecular complexity index is 780. The van der Waals surface area contributed by atoms with Gasteiger partial charge in [-0.3, -0.25) is 9.59 Å². The number of hydrogen-bond acceptors (Lipinski definition) is 3. The van der Waals surface area contributed by atoms with E-state index >= 15 is 0 Å². The number of benzene rings is 2. The second kappa shape index (κ2) is 10.7. The van der Waals surface area contributed by atoms with Gasteiger partial charge in [-0.1, -0.05) is 67.9 Å². The largest absolute Gasteiger partial charge is 0.482 e. The third-order valence-corrected chi connectivity index (χ3v) is 4.55. The van der Waals surface area contributed by atoms with Crippen LogP contribution in [-0.2, 0) is 16.1 Å². The van der Waals surface area contributed by atoms with Crippen LogP contribution >= 0.6 is 11.6 Å². The first-order chi connectivity index (χ1) is 13.4. The second-order valence-electron chi connectivity index (χ2n) is 7.04. The predicted molar refractivity (Wildman–Crippen MR) is 111 cm³/mol. The fourth-order valence-corrected chi connectivity index (χ4v) is 2.79. The molecular formula is C22H27ClN2O3. The summed E-state index contributed by atoms with van der Waals surface area (Å²) >= 11 is 6.09. The molecule has 1 atom stereocenters. The molecule has 0 heterocycles. The molecule has 0 aliphatic heterocycles. The summed E-state index contributed by atoms with van der Waals surface area (Å²) in [6.45, 7) is 6.46. The smallest absolute Gasteiger partial charge is 0.261 e. The van der Waals surface area contributed by atoms with Gasteiger partial charge < -0.3 is 15.0 Å². The summed E-state index contributed by atoms with van der Waals surface area (Å²) in [5, 5.41) is 3.33. The number of halogens is 1. The van der Waals surface area contributed by atoms with Crippen molar-refractivity contribution in [2.24, 2.45) is 5.92 Å². The van der Waals surface area contributed by atoms with E-state index < -0.39 is 6.04 Å². The minimum Gasteiger partial charge on any atom is -0.482 e. The van der Waals surface area contributed by atoms with E-state index in [2.05, 4.69) is 5.32 Å². The molecule has 5 nitrogen and oxygen atoms in total. The van der Waals surface area contributed by atoms with Gasteiger partial charge in [-0.05, 0) is 30.5 Å². The number of nitrogens with one attached hydrogen (secondary N) is 1. The third kappa shape index (κ3) is 6.57. The van der Waals surface area contributed by atoms with Crippen LogP contribution in [0.3, 0.4) is 0 Å². The van der Waals surface area contributed by atoms with E-state index in [-0.39, 0.29) is 18.4 Å². The van der Waals surface area contributed by atoms with E-state index in [9.17, 15) is 9.59 Å². The number of carbonyl (C=O) groups excluding carboxylic acids is 2. The van der Waals surface area contributed by atoms with Gasteiger partial charge in [-0.2, -0.15) is 0 Å². The van der Waals surface area contributed by atoms with E-state index in [1.54, 1.807) is 31.2 Å². The molecule has 1 unspecified atom stereocenters. The summed E-state index contributed by atoms with van der Waals surface area (Å²) in [5.74, 6) is 0.304. The lowest BCUT2D eigenvalue weighted by atomic mass is 10.1. The normalized spacial score (nSPS) is 11.8. The molecule has 0 aliphatic carbocycles. The van der Waals surface area contributed by atoms with Gasteiger partial charge in [0.05, 0.1) is 5.02 Å². The first-order valence-electron chi connectivity index (χ1n) is 9.37. The SMILES string of the molecule is CC(C)CNC(=O)C(C)N(Cc1ccccc1)C(=O)COc1ccccc1Cl. The molecule has 150 valence electrons. The van der Waals surface area contributed by atoms with Crippen LogP contribution < -0.4 is 10.1 Å². The summed E-state index contributed by atoms with van der Waals surface area (Å²) in [7, 11) is 0. The molecule has 0 bridgehead atoms. The Kier molecular flexibility index (Phi) is 8.33. The van der Waals surface area contributed by atoms with Crippen LogP contribution in [0.5, 0.6) is 5.75 Å². The Morgan fingerprint density at radius 3 is 2.32 bits per heavy atom. The zero-order valence-electron chi connectivity index (χ0n) is 16.5. The Labute approximate surface area is 171 Å². The number of rotatable bonds is 9. The Balaban J connectivity index is 2.11. The maximum absolute atomic E-state index is 12.9. The van der Waals surface area contributed by atoms with E-state index in [0.29, 0.717) is 29.8 Å². The molecule has 2 aromatic rings. The van der Waals surface area contributed by atoms with Crippen LogP contribution in [0.25, 0.3) is 0 Å². The molecule has 2 rings (SSSR count). The van der Waals surface area contributed by atoms with Gasteiger partial charge >= 0.3 is 0 Å². The molecule has 2 aromatic carbocycles. The van der Waals surface area contributed by atoms with Crippen molar-refractivity contribution in [3.05, 3.63) is 65.2 Å². The summed E-state index contributed by atoms with van der Waals surface area (Å²) in [6, 6.07) is 15.9. The molecule has 0 fully saturated rings. The molecule has 0 saturated heterocycles. The van der Waals surface area contributed by atoms with Crippen molar-refractivity contribution in [2.45, 2.75) is 33.4 Å².